The summed E-state index contributed by atoms with van der Waals surface area (Å²) >= 11 is 0. The number of hydrogen-bond acceptors (Lipinski definition) is 4. The molecule has 1 aliphatic carbocycles. The maximum Gasteiger partial charge on any atom is 0.358 e. The number of aromatic amines is 1. The van der Waals surface area contributed by atoms with Gasteiger partial charge in [-0.25, -0.2) is 4.79 Å². The highest BCUT2D eigenvalue weighted by molar-refractivity contribution is 5.83. The highest BCUT2D eigenvalue weighted by Gasteiger charge is 2.45. The van der Waals surface area contributed by atoms with Crippen molar-refractivity contribution in [1.29, 1.82) is 0 Å². The van der Waals surface area contributed by atoms with Gasteiger partial charge in [-0.3, -0.25) is 9.18 Å². The molecule has 1 aromatic heterocycles. The van der Waals surface area contributed by atoms with Gasteiger partial charge in [-0.05, 0) is 5.92 Å². The summed E-state index contributed by atoms with van der Waals surface area (Å²) in [5.74, 6) is -2.20. The monoisotopic (exact) mass is 287 g/mol. The van der Waals surface area contributed by atoms with Crippen molar-refractivity contribution >= 4 is 5.91 Å². The number of fused-ring (bicyclic) bond motifs is 1. The lowest BCUT2D eigenvalue weighted by Gasteiger charge is -2.17. The first-order valence-corrected chi connectivity index (χ1v) is 6.35. The Hall–Kier alpha value is -1.83. The number of nitrogens with two attached hydrogens (primary N) is 1. The zero-order valence-electron chi connectivity index (χ0n) is 11.4. The summed E-state index contributed by atoms with van der Waals surface area (Å²) in [4.78, 5) is 31.2. The fraction of sp³-hybridized carbons (Fsp3) is 0.667. The van der Waals surface area contributed by atoms with Gasteiger partial charge >= 0.3 is 5.69 Å². The minimum atomic E-state index is -0.703. The molecule has 0 aromatic carbocycles. The molecule has 0 radical (unpaired) electrons. The Kier molecular flexibility index (Phi) is 4.12. The minimum Gasteiger partial charge on any atom is -0.407 e. The van der Waals surface area contributed by atoms with Crippen LogP contribution >= 0.6 is 0 Å². The Balaban J connectivity index is 2.41. The number of halogens is 1. The molecule has 0 saturated carbocycles. The highest BCUT2D eigenvalue weighted by atomic mass is 19.1. The predicted molar refractivity (Wildman–Crippen MR) is 68.2 cm³/mol. The molecule has 1 aliphatic rings. The summed E-state index contributed by atoms with van der Waals surface area (Å²) in [6, 6.07) is 0. The van der Waals surface area contributed by atoms with Crippen LogP contribution in [0.5, 0.6) is 0 Å². The Morgan fingerprint density at radius 2 is 2.20 bits per heavy atom. The maximum atomic E-state index is 13.3. The molecule has 0 bridgehead atoms. The molecule has 2 unspecified atom stereocenters. The molecular weight excluding hydrogens is 269 g/mol. The number of primary amides is 1. The van der Waals surface area contributed by atoms with E-state index in [1.54, 1.807) is 6.92 Å². The fourth-order valence-electron chi connectivity index (χ4n) is 2.74. The second-order valence-corrected chi connectivity index (χ2v) is 4.85. The number of aromatic nitrogens is 2. The first-order valence-electron chi connectivity index (χ1n) is 6.35. The van der Waals surface area contributed by atoms with Gasteiger partial charge in [0.05, 0.1) is 30.6 Å². The summed E-state index contributed by atoms with van der Waals surface area (Å²) in [7, 11) is 1.50. The van der Waals surface area contributed by atoms with Crippen LogP contribution in [0.3, 0.4) is 0 Å². The molecule has 7 nitrogen and oxygen atoms in total. The molecule has 1 amide bonds. The third kappa shape index (κ3) is 2.20. The second kappa shape index (κ2) is 5.66. The number of rotatable bonds is 6. The Morgan fingerprint density at radius 3 is 2.75 bits per heavy atom. The maximum absolute atomic E-state index is 13.3. The number of methoxy groups -OCH3 is 1. The SMILES string of the molecule is COCCOn1c2c([nH]c1=O)[C@H](C(N)=O)C(C)C2CF. The van der Waals surface area contributed by atoms with Gasteiger partial charge in [-0.1, -0.05) is 6.92 Å². The van der Waals surface area contributed by atoms with Crippen LogP contribution in [0.1, 0.15) is 30.1 Å². The van der Waals surface area contributed by atoms with E-state index in [2.05, 4.69) is 4.98 Å². The van der Waals surface area contributed by atoms with Gasteiger partial charge in [0, 0.05) is 13.0 Å². The van der Waals surface area contributed by atoms with Gasteiger partial charge < -0.3 is 20.3 Å². The average molecular weight is 287 g/mol. The van der Waals surface area contributed by atoms with E-state index in [9.17, 15) is 14.0 Å². The zero-order valence-corrected chi connectivity index (χ0v) is 11.4. The summed E-state index contributed by atoms with van der Waals surface area (Å²) in [5, 5.41) is 0. The topological polar surface area (TPSA) is 99.3 Å². The van der Waals surface area contributed by atoms with Crippen molar-refractivity contribution < 1.29 is 18.8 Å². The van der Waals surface area contributed by atoms with Gasteiger partial charge in [-0.2, -0.15) is 0 Å². The molecule has 1 aromatic rings. The van der Waals surface area contributed by atoms with Crippen molar-refractivity contribution in [3.63, 3.8) is 0 Å². The number of ether oxygens (including phenoxy) is 1. The number of amides is 1. The van der Waals surface area contributed by atoms with E-state index < -0.39 is 30.1 Å². The average Bonchev–Trinajstić information content (AvgIpc) is 2.82. The summed E-state index contributed by atoms with van der Waals surface area (Å²) in [6.07, 6.45) is 0. The van der Waals surface area contributed by atoms with Crippen molar-refractivity contribution in [2.45, 2.75) is 18.8 Å². The van der Waals surface area contributed by atoms with Gasteiger partial charge in [-0.15, -0.1) is 4.73 Å². The normalized spacial score (nSPS) is 24.6. The number of carbonyl (C=O) groups excluding carboxylic acids is 1. The number of hydrogen-bond donors (Lipinski definition) is 2. The Bertz CT molecular complexity index is 553. The molecule has 112 valence electrons. The van der Waals surface area contributed by atoms with Gasteiger partial charge in [0.2, 0.25) is 5.91 Å². The molecule has 0 aliphatic heterocycles. The van der Waals surface area contributed by atoms with Crippen LogP contribution in [0, 0.1) is 5.92 Å². The Morgan fingerprint density at radius 1 is 1.50 bits per heavy atom. The molecule has 3 N–H and O–H groups in total. The van der Waals surface area contributed by atoms with Crippen molar-refractivity contribution in [1.82, 2.24) is 9.71 Å². The summed E-state index contributed by atoms with van der Waals surface area (Å²) in [6.45, 7) is 1.48. The predicted octanol–water partition coefficient (Wildman–Crippen LogP) is -0.477. The van der Waals surface area contributed by atoms with Gasteiger partial charge in [0.15, 0.2) is 0 Å². The minimum absolute atomic E-state index is 0.148. The van der Waals surface area contributed by atoms with Crippen LogP contribution < -0.4 is 16.3 Å². The number of nitrogens with one attached hydrogen (secondary N) is 1. The fourth-order valence-corrected chi connectivity index (χ4v) is 2.74. The number of carbonyl (C=O) groups is 1. The lowest BCUT2D eigenvalue weighted by Crippen LogP contribution is -2.31. The molecule has 2 rings (SSSR count). The Labute approximate surface area is 114 Å². The summed E-state index contributed by atoms with van der Waals surface area (Å²) in [5.41, 5.74) is 5.53. The molecule has 1 heterocycles. The third-order valence-corrected chi connectivity index (χ3v) is 3.72. The highest BCUT2D eigenvalue weighted by Crippen LogP contribution is 2.44. The van der Waals surface area contributed by atoms with Crippen molar-refractivity contribution in [3.05, 3.63) is 21.9 Å². The standard InChI is InChI=1S/C12H18FN3O4/c1-6-7(5-13)10-9(8(6)11(14)17)15-12(18)16(10)20-4-3-19-2/h6-8H,3-5H2,1-2H3,(H2,14,17)(H,15,18)/t6?,7?,8-/m1/s1. The third-order valence-electron chi connectivity index (χ3n) is 3.72. The molecule has 0 spiro atoms. The van der Waals surface area contributed by atoms with Crippen LogP contribution in [-0.2, 0) is 9.53 Å². The molecule has 8 heteroatoms. The van der Waals surface area contributed by atoms with E-state index >= 15 is 0 Å². The van der Waals surface area contributed by atoms with E-state index in [0.29, 0.717) is 18.0 Å². The zero-order chi connectivity index (χ0) is 14.9. The number of nitrogens with zero attached hydrogens (tertiary/aromatic N) is 1. The van der Waals surface area contributed by atoms with Crippen molar-refractivity contribution in [2.24, 2.45) is 11.7 Å². The molecule has 3 atom stereocenters. The molecule has 0 saturated heterocycles. The van der Waals surface area contributed by atoms with Gasteiger partial charge in [0.25, 0.3) is 0 Å². The molecule has 20 heavy (non-hydrogen) atoms. The van der Waals surface area contributed by atoms with E-state index in [1.165, 1.54) is 7.11 Å². The van der Waals surface area contributed by atoms with E-state index in [-0.39, 0.29) is 12.5 Å². The van der Waals surface area contributed by atoms with E-state index in [1.807, 2.05) is 0 Å². The van der Waals surface area contributed by atoms with E-state index in [4.69, 9.17) is 15.3 Å². The van der Waals surface area contributed by atoms with Crippen LogP contribution in [-0.4, -0.2) is 42.6 Å². The second-order valence-electron chi connectivity index (χ2n) is 4.85. The first-order chi connectivity index (χ1) is 9.52. The van der Waals surface area contributed by atoms with Crippen molar-refractivity contribution in [3.8, 4) is 0 Å². The van der Waals surface area contributed by atoms with Crippen LogP contribution in [0.4, 0.5) is 4.39 Å². The lowest BCUT2D eigenvalue weighted by atomic mass is 9.90. The quantitative estimate of drug-likeness (QED) is 0.690. The van der Waals surface area contributed by atoms with Crippen LogP contribution in [0.25, 0.3) is 0 Å². The molecule has 0 fully saturated rings. The van der Waals surface area contributed by atoms with E-state index in [0.717, 1.165) is 4.73 Å². The van der Waals surface area contributed by atoms with Crippen LogP contribution in [0.2, 0.25) is 0 Å². The van der Waals surface area contributed by atoms with Crippen LogP contribution in [0.15, 0.2) is 4.79 Å². The number of H-pyrrole nitrogens is 1. The van der Waals surface area contributed by atoms with Crippen molar-refractivity contribution in [2.75, 3.05) is 27.0 Å². The lowest BCUT2D eigenvalue weighted by molar-refractivity contribution is -0.120. The molecular formula is C12H18FN3O4. The first kappa shape index (κ1) is 14.6. The smallest absolute Gasteiger partial charge is 0.358 e. The number of alkyl halides is 1. The largest absolute Gasteiger partial charge is 0.407 e. The number of imidazole rings is 1. The van der Waals surface area contributed by atoms with Gasteiger partial charge in [0.1, 0.15) is 6.61 Å². The summed E-state index contributed by atoms with van der Waals surface area (Å²) < 4.78 is 19.1.